The molecule has 90 valence electrons. The average Bonchev–Trinajstić information content (AvgIpc) is 2.17. The highest BCUT2D eigenvalue weighted by Gasteiger charge is 2.07. The third-order valence-electron chi connectivity index (χ3n) is 2.60. The molecule has 0 aromatic carbocycles. The number of allylic oxidation sites excluding steroid dienone is 6. The summed E-state index contributed by atoms with van der Waals surface area (Å²) in [6.45, 7) is 10.5. The number of carbonyl (C=O) groups excluding carboxylic acids is 1. The smallest absolute Gasteiger partial charge is 0.142 e. The van der Waals surface area contributed by atoms with Crippen molar-refractivity contribution < 1.29 is 4.79 Å². The molecular weight excluding hydrogens is 196 g/mol. The molecule has 0 saturated carbocycles. The van der Waals surface area contributed by atoms with E-state index in [2.05, 4.69) is 39.8 Å². The van der Waals surface area contributed by atoms with E-state index in [9.17, 15) is 4.79 Å². The summed E-state index contributed by atoms with van der Waals surface area (Å²) in [7, 11) is 0. The number of carbonyl (C=O) groups is 1. The Balaban J connectivity index is 4.63. The average molecular weight is 220 g/mol. The van der Waals surface area contributed by atoms with E-state index in [1.54, 1.807) is 6.08 Å². The molecule has 0 aliphatic heterocycles. The van der Waals surface area contributed by atoms with Crippen LogP contribution in [-0.2, 0) is 4.79 Å². The molecule has 0 N–H and O–H groups in total. The fourth-order valence-electron chi connectivity index (χ4n) is 1.47. The molecule has 0 amide bonds. The summed E-state index contributed by atoms with van der Waals surface area (Å²) in [6.07, 6.45) is 9.08. The van der Waals surface area contributed by atoms with Gasteiger partial charge < -0.3 is 0 Å². The molecule has 1 nitrogen and oxygen atoms in total. The number of aldehydes is 1. The zero-order valence-corrected chi connectivity index (χ0v) is 11.2. The Hall–Kier alpha value is -1.11. The summed E-state index contributed by atoms with van der Waals surface area (Å²) in [6, 6.07) is 0. The first-order valence-corrected chi connectivity index (χ1v) is 5.86. The Labute approximate surface area is 99.9 Å². The van der Waals surface area contributed by atoms with Gasteiger partial charge in [0.15, 0.2) is 0 Å². The second-order valence-corrected chi connectivity index (χ2v) is 4.78. The summed E-state index contributed by atoms with van der Waals surface area (Å²) in [4.78, 5) is 10.5. The number of rotatable bonds is 6. The quantitative estimate of drug-likeness (QED) is 0.367. The molecule has 0 aromatic heterocycles. The van der Waals surface area contributed by atoms with E-state index in [0.717, 1.165) is 19.1 Å². The number of hydrogen-bond donors (Lipinski definition) is 0. The minimum absolute atomic E-state index is 0.454. The van der Waals surface area contributed by atoms with Crippen molar-refractivity contribution in [1.82, 2.24) is 0 Å². The van der Waals surface area contributed by atoms with Crippen LogP contribution in [0.3, 0.4) is 0 Å². The molecule has 0 bridgehead atoms. The van der Waals surface area contributed by atoms with Gasteiger partial charge in [-0.25, -0.2) is 0 Å². The monoisotopic (exact) mass is 220 g/mol. The van der Waals surface area contributed by atoms with Crippen molar-refractivity contribution in [2.75, 3.05) is 0 Å². The van der Waals surface area contributed by atoms with Crippen LogP contribution in [0.15, 0.2) is 34.9 Å². The van der Waals surface area contributed by atoms with Crippen molar-refractivity contribution in [3.63, 3.8) is 0 Å². The van der Waals surface area contributed by atoms with Crippen LogP contribution >= 0.6 is 0 Å². The van der Waals surface area contributed by atoms with Gasteiger partial charge in [-0.2, -0.15) is 0 Å². The SMILES string of the molecule is CC(C)=CCC(CC=C(C)C)C(C)=CC=O. The lowest BCUT2D eigenvalue weighted by Gasteiger charge is -2.14. The molecule has 0 radical (unpaired) electrons. The molecular formula is C15H24O. The van der Waals surface area contributed by atoms with Gasteiger partial charge >= 0.3 is 0 Å². The molecule has 1 heteroatoms. The summed E-state index contributed by atoms with van der Waals surface area (Å²) in [5, 5.41) is 0. The van der Waals surface area contributed by atoms with E-state index in [1.165, 1.54) is 16.7 Å². The normalized spacial score (nSPS) is 11.2. The lowest BCUT2D eigenvalue weighted by molar-refractivity contribution is -0.104. The van der Waals surface area contributed by atoms with Crippen LogP contribution in [0.4, 0.5) is 0 Å². The maximum Gasteiger partial charge on any atom is 0.142 e. The maximum absolute atomic E-state index is 10.5. The van der Waals surface area contributed by atoms with Crippen molar-refractivity contribution in [2.45, 2.75) is 47.5 Å². The van der Waals surface area contributed by atoms with Gasteiger partial charge in [0.1, 0.15) is 6.29 Å². The summed E-state index contributed by atoms with van der Waals surface area (Å²) in [5.41, 5.74) is 3.84. The molecule has 0 heterocycles. The van der Waals surface area contributed by atoms with Gasteiger partial charge in [-0.1, -0.05) is 28.9 Å². The summed E-state index contributed by atoms with van der Waals surface area (Å²) < 4.78 is 0. The maximum atomic E-state index is 10.5. The largest absolute Gasteiger partial charge is 0.299 e. The van der Waals surface area contributed by atoms with Gasteiger partial charge in [-0.05, 0) is 59.5 Å². The highest BCUT2D eigenvalue weighted by molar-refractivity contribution is 5.66. The Kier molecular flexibility index (Phi) is 7.53. The van der Waals surface area contributed by atoms with Gasteiger partial charge in [0.2, 0.25) is 0 Å². The van der Waals surface area contributed by atoms with Gasteiger partial charge in [0, 0.05) is 0 Å². The second-order valence-electron chi connectivity index (χ2n) is 4.78. The van der Waals surface area contributed by atoms with Gasteiger partial charge in [-0.15, -0.1) is 0 Å². The van der Waals surface area contributed by atoms with Crippen LogP contribution in [0, 0.1) is 5.92 Å². The Bertz CT molecular complexity index is 277. The first-order chi connectivity index (χ1) is 7.47. The fourth-order valence-corrected chi connectivity index (χ4v) is 1.47. The minimum atomic E-state index is 0.454. The molecule has 0 spiro atoms. The molecule has 0 aromatic rings. The second kappa shape index (κ2) is 8.09. The van der Waals surface area contributed by atoms with Gasteiger partial charge in [0.25, 0.3) is 0 Å². The van der Waals surface area contributed by atoms with Crippen LogP contribution < -0.4 is 0 Å². The zero-order valence-electron chi connectivity index (χ0n) is 11.2. The van der Waals surface area contributed by atoms with Crippen molar-refractivity contribution in [1.29, 1.82) is 0 Å². The highest BCUT2D eigenvalue weighted by atomic mass is 16.1. The third kappa shape index (κ3) is 7.22. The predicted molar refractivity (Wildman–Crippen MR) is 71.4 cm³/mol. The number of hydrogen-bond acceptors (Lipinski definition) is 1. The zero-order chi connectivity index (χ0) is 12.6. The standard InChI is InChI=1S/C15H24O/c1-12(2)6-8-15(9-7-13(3)4)14(5)10-11-16/h6-7,10-11,15H,8-9H2,1-5H3. The molecule has 16 heavy (non-hydrogen) atoms. The predicted octanol–water partition coefficient (Wildman–Crippen LogP) is 4.46. The van der Waals surface area contributed by atoms with E-state index in [-0.39, 0.29) is 0 Å². The molecule has 0 aliphatic carbocycles. The topological polar surface area (TPSA) is 17.1 Å². The van der Waals surface area contributed by atoms with Crippen LogP contribution in [-0.4, -0.2) is 6.29 Å². The van der Waals surface area contributed by atoms with E-state index < -0.39 is 0 Å². The van der Waals surface area contributed by atoms with Crippen molar-refractivity contribution >= 4 is 6.29 Å². The lowest BCUT2D eigenvalue weighted by atomic mass is 9.91. The molecule has 0 fully saturated rings. The third-order valence-corrected chi connectivity index (χ3v) is 2.60. The van der Waals surface area contributed by atoms with Crippen LogP contribution in [0.25, 0.3) is 0 Å². The Morgan fingerprint density at radius 3 is 1.69 bits per heavy atom. The summed E-state index contributed by atoms with van der Waals surface area (Å²) in [5.74, 6) is 0.454. The van der Waals surface area contributed by atoms with Crippen LogP contribution in [0.2, 0.25) is 0 Å². The fraction of sp³-hybridized carbons (Fsp3) is 0.533. The van der Waals surface area contributed by atoms with E-state index in [1.807, 2.05) is 6.92 Å². The van der Waals surface area contributed by atoms with Gasteiger partial charge in [0.05, 0.1) is 0 Å². The minimum Gasteiger partial charge on any atom is -0.299 e. The molecule has 0 rings (SSSR count). The van der Waals surface area contributed by atoms with E-state index in [0.29, 0.717) is 5.92 Å². The van der Waals surface area contributed by atoms with Crippen molar-refractivity contribution in [2.24, 2.45) is 5.92 Å². The van der Waals surface area contributed by atoms with Crippen LogP contribution in [0.5, 0.6) is 0 Å². The van der Waals surface area contributed by atoms with Crippen LogP contribution in [0.1, 0.15) is 47.5 Å². The van der Waals surface area contributed by atoms with Gasteiger partial charge in [-0.3, -0.25) is 4.79 Å². The first kappa shape index (κ1) is 14.9. The molecule has 0 atom stereocenters. The van der Waals surface area contributed by atoms with Crippen molar-refractivity contribution in [3.8, 4) is 0 Å². The highest BCUT2D eigenvalue weighted by Crippen LogP contribution is 2.21. The van der Waals surface area contributed by atoms with E-state index in [4.69, 9.17) is 0 Å². The molecule has 0 unspecified atom stereocenters. The summed E-state index contributed by atoms with van der Waals surface area (Å²) >= 11 is 0. The van der Waals surface area contributed by atoms with E-state index >= 15 is 0 Å². The Morgan fingerprint density at radius 2 is 1.38 bits per heavy atom. The van der Waals surface area contributed by atoms with Crippen molar-refractivity contribution in [3.05, 3.63) is 34.9 Å². The first-order valence-electron chi connectivity index (χ1n) is 5.86. The molecule has 0 aliphatic rings. The molecule has 0 saturated heterocycles. The Morgan fingerprint density at radius 1 is 0.938 bits per heavy atom. The lowest BCUT2D eigenvalue weighted by Crippen LogP contribution is -2.00.